The first kappa shape index (κ1) is 36.2. The number of hydrogen-bond donors (Lipinski definition) is 3. The summed E-state index contributed by atoms with van der Waals surface area (Å²) in [5.74, 6) is 1.16. The van der Waals surface area contributed by atoms with E-state index >= 15 is 0 Å². The summed E-state index contributed by atoms with van der Waals surface area (Å²) < 4.78 is 41.2. The molecule has 0 amide bonds. The number of hydrogen-bond acceptors (Lipinski definition) is 8. The molecule has 0 bridgehead atoms. The molecule has 0 unspecified atom stereocenters. The largest absolute Gasteiger partial charge is 1.00 e. The molecule has 6 aromatic rings. The van der Waals surface area contributed by atoms with E-state index in [1.807, 2.05) is 30.3 Å². The maximum absolute atomic E-state index is 13.2. The van der Waals surface area contributed by atoms with E-state index in [1.54, 1.807) is 40.0 Å². The van der Waals surface area contributed by atoms with Crippen molar-refractivity contribution in [1.29, 1.82) is 5.26 Å². The fourth-order valence-corrected chi connectivity index (χ4v) is 4.54. The Hall–Kier alpha value is -4.29. The van der Waals surface area contributed by atoms with Crippen LogP contribution >= 0.6 is 0 Å². The number of ether oxygens (including phenoxy) is 2. The van der Waals surface area contributed by atoms with Gasteiger partial charge < -0.3 is 26.8 Å². The van der Waals surface area contributed by atoms with Gasteiger partial charge in [0.05, 0.1) is 55.3 Å². The number of benzene rings is 4. The summed E-state index contributed by atoms with van der Waals surface area (Å²) in [5.41, 5.74) is 8.15. The smallest absolute Gasteiger partial charge is 1.00 e. The van der Waals surface area contributed by atoms with E-state index in [0.29, 0.717) is 41.7 Å². The molecule has 0 atom stereocenters. The van der Waals surface area contributed by atoms with E-state index in [1.165, 1.54) is 24.3 Å². The van der Waals surface area contributed by atoms with Crippen molar-refractivity contribution in [2.45, 2.75) is 19.6 Å². The van der Waals surface area contributed by atoms with Crippen molar-refractivity contribution in [1.82, 2.24) is 19.6 Å². The van der Waals surface area contributed by atoms with Gasteiger partial charge in [0, 0.05) is 31.3 Å². The fourth-order valence-electron chi connectivity index (χ4n) is 4.54. The molecule has 0 aliphatic carbocycles. The molecule has 0 aliphatic heterocycles. The molecule has 0 saturated heterocycles. The zero-order valence-corrected chi connectivity index (χ0v) is 27.0. The van der Waals surface area contributed by atoms with Crippen molar-refractivity contribution in [3.05, 3.63) is 108 Å². The number of rotatable bonds is 9. The van der Waals surface area contributed by atoms with Crippen LogP contribution < -0.4 is 44.8 Å². The molecule has 0 fully saturated rings. The van der Waals surface area contributed by atoms with Crippen LogP contribution in [-0.2, 0) is 19.6 Å². The summed E-state index contributed by atoms with van der Waals surface area (Å²) in [4.78, 5) is 0. The Morgan fingerprint density at radius 1 is 0.761 bits per heavy atom. The SMILES string of the molecule is N#Cc1cc(F)ccc1Oc1ccc2c(cnn2CCO)c1.NCc1cc(F)ccc1Oc1ccc2c(cnn2CCO)c1.[B].[H-].[Na+]. The van der Waals surface area contributed by atoms with Gasteiger partial charge in [-0.3, -0.25) is 9.36 Å². The first-order valence-electron chi connectivity index (χ1n) is 13.6. The van der Waals surface area contributed by atoms with Crippen LogP contribution in [0.15, 0.2) is 85.2 Å². The summed E-state index contributed by atoms with van der Waals surface area (Å²) in [6.07, 6.45) is 3.39. The fraction of sp³-hybridized carbons (Fsp3) is 0.156. The summed E-state index contributed by atoms with van der Waals surface area (Å²) in [5, 5.41) is 37.1. The number of nitriles is 1. The Bertz CT molecular complexity index is 1970. The Kier molecular flexibility index (Phi) is 13.3. The van der Waals surface area contributed by atoms with Gasteiger partial charge in [0.25, 0.3) is 0 Å². The number of nitrogens with two attached hydrogens (primary N) is 1. The number of nitrogens with zero attached hydrogens (tertiary/aromatic N) is 5. The van der Waals surface area contributed by atoms with Crippen molar-refractivity contribution >= 4 is 30.2 Å². The van der Waals surface area contributed by atoms with E-state index in [4.69, 9.17) is 30.7 Å². The van der Waals surface area contributed by atoms with Gasteiger partial charge in [0.15, 0.2) is 0 Å². The van der Waals surface area contributed by atoms with Gasteiger partial charge >= 0.3 is 29.6 Å². The maximum atomic E-state index is 13.2. The minimum Gasteiger partial charge on any atom is -1.00 e. The van der Waals surface area contributed by atoms with Gasteiger partial charge in [-0.1, -0.05) is 0 Å². The maximum Gasteiger partial charge on any atom is 1.00 e. The van der Waals surface area contributed by atoms with Crippen molar-refractivity contribution in [2.24, 2.45) is 5.73 Å². The Balaban J connectivity index is 0.000000307. The third kappa shape index (κ3) is 8.49. The van der Waals surface area contributed by atoms with Gasteiger partial charge in [-0.15, -0.1) is 0 Å². The summed E-state index contributed by atoms with van der Waals surface area (Å²) in [6.45, 7) is 1.10. The van der Waals surface area contributed by atoms with Crippen molar-refractivity contribution in [3.63, 3.8) is 0 Å². The van der Waals surface area contributed by atoms with Crippen LogP contribution in [0.2, 0.25) is 0 Å². The predicted octanol–water partition coefficient (Wildman–Crippen LogP) is 1.99. The Morgan fingerprint density at radius 2 is 1.26 bits per heavy atom. The van der Waals surface area contributed by atoms with Crippen LogP contribution in [-0.4, -0.2) is 51.4 Å². The van der Waals surface area contributed by atoms with E-state index in [0.717, 1.165) is 27.9 Å². The molecule has 6 rings (SSSR count). The number of fused-ring (bicyclic) bond motifs is 2. The molecular formula is C32H29BF2N6NaO4. The second-order valence-electron chi connectivity index (χ2n) is 9.54. The average molecular weight is 633 g/mol. The molecule has 229 valence electrons. The van der Waals surface area contributed by atoms with Gasteiger partial charge in [0.2, 0.25) is 0 Å². The molecule has 4 aromatic carbocycles. The first-order chi connectivity index (χ1) is 21.4. The van der Waals surface area contributed by atoms with Crippen molar-refractivity contribution in [2.75, 3.05) is 13.2 Å². The van der Waals surface area contributed by atoms with Crippen LogP contribution in [0.3, 0.4) is 0 Å². The third-order valence-corrected chi connectivity index (χ3v) is 6.61. The minimum atomic E-state index is -0.482. The Labute approximate surface area is 288 Å². The molecule has 3 radical (unpaired) electrons. The average Bonchev–Trinajstić information content (AvgIpc) is 3.62. The van der Waals surface area contributed by atoms with Gasteiger partial charge in [-0.05, 0) is 72.8 Å². The van der Waals surface area contributed by atoms with Gasteiger partial charge in [0.1, 0.15) is 40.7 Å². The molecule has 2 heterocycles. The van der Waals surface area contributed by atoms with Gasteiger partial charge in [-0.2, -0.15) is 15.5 Å². The normalized spacial score (nSPS) is 10.3. The van der Waals surface area contributed by atoms with E-state index < -0.39 is 5.82 Å². The number of halogens is 2. The molecule has 4 N–H and O–H groups in total. The molecule has 14 heteroatoms. The molecule has 2 aromatic heterocycles. The summed E-state index contributed by atoms with van der Waals surface area (Å²) in [6, 6.07) is 20.8. The molecular weight excluding hydrogens is 604 g/mol. The van der Waals surface area contributed by atoms with Crippen molar-refractivity contribution < 1.29 is 59.5 Å². The molecule has 0 spiro atoms. The van der Waals surface area contributed by atoms with Crippen LogP contribution in [0.25, 0.3) is 21.8 Å². The second-order valence-corrected chi connectivity index (χ2v) is 9.54. The molecule has 10 nitrogen and oxygen atoms in total. The number of aliphatic hydroxyl groups is 2. The third-order valence-electron chi connectivity index (χ3n) is 6.61. The Morgan fingerprint density at radius 3 is 1.76 bits per heavy atom. The molecule has 0 aliphatic rings. The van der Waals surface area contributed by atoms with E-state index in [-0.39, 0.29) is 70.5 Å². The topological polar surface area (TPSA) is 144 Å². The van der Waals surface area contributed by atoms with Crippen molar-refractivity contribution in [3.8, 4) is 29.1 Å². The quantitative estimate of drug-likeness (QED) is 0.205. The van der Waals surface area contributed by atoms with Crippen LogP contribution in [0.4, 0.5) is 8.78 Å². The number of aromatic nitrogens is 4. The van der Waals surface area contributed by atoms with Gasteiger partial charge in [-0.25, -0.2) is 8.78 Å². The van der Waals surface area contributed by atoms with E-state index in [2.05, 4.69) is 10.2 Å². The minimum absolute atomic E-state index is 0. The summed E-state index contributed by atoms with van der Waals surface area (Å²) in [7, 11) is 0. The van der Waals surface area contributed by atoms with Crippen LogP contribution in [0.1, 0.15) is 12.6 Å². The zero-order chi connectivity index (χ0) is 31.1. The number of aliphatic hydroxyl groups excluding tert-OH is 2. The monoisotopic (exact) mass is 633 g/mol. The van der Waals surface area contributed by atoms with Crippen LogP contribution in [0.5, 0.6) is 23.0 Å². The first-order valence-corrected chi connectivity index (χ1v) is 13.6. The predicted molar refractivity (Wildman–Crippen MR) is 166 cm³/mol. The molecule has 0 saturated carbocycles. The zero-order valence-electron chi connectivity index (χ0n) is 26.0. The summed E-state index contributed by atoms with van der Waals surface area (Å²) >= 11 is 0. The second kappa shape index (κ2) is 16.9. The standard InChI is InChI=1S/C16H16FN3O2.C16H12FN3O2.B.Na.H/c2*17-13-1-4-16(11(7-13)9-18)22-14-2-3-15-12(8-14)10-19-20(15)5-6-21;;;/h1-4,7-8,10,21H,5-6,9,18H2;1-4,7-8,10,21H,5-6H2;;;/q;;;+1;-1. The van der Waals surface area contributed by atoms with Crippen LogP contribution in [0, 0.1) is 23.0 Å². The molecule has 46 heavy (non-hydrogen) atoms. The van der Waals surface area contributed by atoms with E-state index in [9.17, 15) is 8.78 Å².